The van der Waals surface area contributed by atoms with E-state index in [1.54, 1.807) is 0 Å². The summed E-state index contributed by atoms with van der Waals surface area (Å²) >= 11 is 0. The molecular weight excluding hydrogens is 80.0 g/mol. The van der Waals surface area contributed by atoms with Crippen molar-refractivity contribution >= 4 is 0 Å². The van der Waals surface area contributed by atoms with E-state index in [-0.39, 0.29) is 0 Å². The highest BCUT2D eigenvalue weighted by Gasteiger charge is 1.90. The second kappa shape index (κ2) is 0.965. The Bertz CT molecular complexity index is 102. The fourth-order valence-corrected chi connectivity index (χ4v) is 0.188. The Labute approximate surface area is 34.7 Å². The van der Waals surface area contributed by atoms with Crippen LogP contribution in [0.1, 0.15) is 0 Å². The van der Waals surface area contributed by atoms with E-state index in [4.69, 9.17) is 5.73 Å². The van der Waals surface area contributed by atoms with Crippen LogP contribution in [0.15, 0.2) is 22.4 Å². The first-order valence-electron chi connectivity index (χ1n) is 1.46. The molecule has 0 saturated carbocycles. The van der Waals surface area contributed by atoms with Gasteiger partial charge in [0.15, 0.2) is 5.82 Å². The highest BCUT2D eigenvalue weighted by Crippen LogP contribution is 1.90. The molecule has 0 spiro atoms. The maximum atomic E-state index is 5.04. The van der Waals surface area contributed by atoms with Crippen molar-refractivity contribution in [2.24, 2.45) is 16.1 Å². The zero-order valence-corrected chi connectivity index (χ0v) is 3.00. The van der Waals surface area contributed by atoms with Crippen molar-refractivity contribution in [2.45, 2.75) is 0 Å². The van der Waals surface area contributed by atoms with Gasteiger partial charge in [-0.05, 0) is 5.22 Å². The first kappa shape index (κ1) is 3.14. The van der Waals surface area contributed by atoms with E-state index in [0.717, 1.165) is 0 Å². The predicted molar refractivity (Wildman–Crippen MR) is 19.3 cm³/mol. The van der Waals surface area contributed by atoms with E-state index in [1.165, 1.54) is 6.20 Å². The monoisotopic (exact) mass is 83.0 g/mol. The summed E-state index contributed by atoms with van der Waals surface area (Å²) in [5, 5.41) is 6.53. The normalized spacial score (nSPS) is 17.0. The average molecular weight is 83.1 g/mol. The fraction of sp³-hybridized carbons (Fsp3) is 0. The van der Waals surface area contributed by atoms with E-state index < -0.39 is 0 Å². The minimum Gasteiger partial charge on any atom is -0.381 e. The first-order chi connectivity index (χ1) is 2.89. The van der Waals surface area contributed by atoms with Crippen molar-refractivity contribution in [3.63, 3.8) is 0 Å². The van der Waals surface area contributed by atoms with Crippen LogP contribution in [0.3, 0.4) is 0 Å². The molecule has 4 heteroatoms. The molecule has 0 amide bonds. The molecule has 0 aromatic heterocycles. The van der Waals surface area contributed by atoms with E-state index >= 15 is 0 Å². The summed E-state index contributed by atoms with van der Waals surface area (Å²) in [6.45, 7) is 0. The van der Waals surface area contributed by atoms with Gasteiger partial charge in [-0.25, -0.2) is 0 Å². The molecule has 0 atom stereocenters. The van der Waals surface area contributed by atoms with Gasteiger partial charge >= 0.3 is 0 Å². The molecule has 1 radical (unpaired) electrons. The Kier molecular flexibility index (Phi) is 0.506. The maximum Gasteiger partial charge on any atom is 0.168 e. The summed E-state index contributed by atoms with van der Waals surface area (Å²) in [5.41, 5.74) is 8.38. The van der Waals surface area contributed by atoms with Gasteiger partial charge in [0.2, 0.25) is 0 Å². The lowest BCUT2D eigenvalue weighted by Crippen LogP contribution is -2.01. The van der Waals surface area contributed by atoms with Crippen molar-refractivity contribution in [3.05, 3.63) is 12.0 Å². The van der Waals surface area contributed by atoms with Crippen LogP contribution in [0.4, 0.5) is 0 Å². The second-order valence-electron chi connectivity index (χ2n) is 0.859. The van der Waals surface area contributed by atoms with Crippen LogP contribution in [0.25, 0.3) is 0 Å². The number of rotatable bonds is 0. The minimum atomic E-state index is 0.370. The van der Waals surface area contributed by atoms with Gasteiger partial charge in [-0.3, -0.25) is 0 Å². The standard InChI is InChI=1S/C2H3N4/c3-2-1-4-6-5-2/h1H,3H2. The Balaban J connectivity index is 2.61. The second-order valence-corrected chi connectivity index (χ2v) is 0.859. The van der Waals surface area contributed by atoms with Gasteiger partial charge in [0.05, 0.1) is 6.20 Å². The summed E-state index contributed by atoms with van der Waals surface area (Å²) in [5.74, 6) is 0.370. The van der Waals surface area contributed by atoms with Gasteiger partial charge in [0.25, 0.3) is 0 Å². The first-order valence-corrected chi connectivity index (χ1v) is 1.46. The molecule has 2 N–H and O–H groups in total. The van der Waals surface area contributed by atoms with Crippen molar-refractivity contribution in [3.8, 4) is 0 Å². The summed E-state index contributed by atoms with van der Waals surface area (Å²) < 4.78 is 0. The Morgan fingerprint density at radius 1 is 1.67 bits per heavy atom. The third-order valence-corrected chi connectivity index (χ3v) is 0.402. The van der Waals surface area contributed by atoms with E-state index in [0.29, 0.717) is 5.82 Å². The molecule has 1 aliphatic heterocycles. The Hall–Kier alpha value is -1.06. The number of hydrogen-bond donors (Lipinski definition) is 1. The average Bonchev–Trinajstić information content (AvgIpc) is 1.86. The number of nitrogens with two attached hydrogens (primary N) is 1. The van der Waals surface area contributed by atoms with Crippen molar-refractivity contribution in [2.75, 3.05) is 0 Å². The number of hydrogen-bond acceptors (Lipinski definition) is 3. The molecule has 0 bridgehead atoms. The van der Waals surface area contributed by atoms with E-state index in [1.807, 2.05) is 0 Å². The molecule has 0 saturated heterocycles. The van der Waals surface area contributed by atoms with E-state index in [2.05, 4.69) is 15.8 Å². The lowest BCUT2D eigenvalue weighted by atomic mass is 10.8. The highest BCUT2D eigenvalue weighted by molar-refractivity contribution is 4.92. The molecule has 1 aliphatic rings. The van der Waals surface area contributed by atoms with Crippen LogP contribution >= 0.6 is 0 Å². The quantitative estimate of drug-likeness (QED) is 0.430. The zero-order chi connectivity index (χ0) is 4.41. The van der Waals surface area contributed by atoms with Crippen molar-refractivity contribution in [1.29, 1.82) is 0 Å². The van der Waals surface area contributed by atoms with Crippen LogP contribution in [0, 0.1) is 0 Å². The smallest absolute Gasteiger partial charge is 0.168 e. The topological polar surface area (TPSA) is 64.8 Å². The molecule has 0 fully saturated rings. The number of nitrogens with zero attached hydrogens (tertiary/aromatic N) is 3. The molecule has 31 valence electrons. The fourth-order valence-electron chi connectivity index (χ4n) is 0.188. The van der Waals surface area contributed by atoms with Crippen LogP contribution in [0.2, 0.25) is 0 Å². The molecule has 0 aromatic rings. The minimum absolute atomic E-state index is 0.370. The molecule has 1 rings (SSSR count). The summed E-state index contributed by atoms with van der Waals surface area (Å²) in [6.07, 6.45) is 1.39. The highest BCUT2D eigenvalue weighted by atomic mass is 15.5. The molecule has 1 heterocycles. The van der Waals surface area contributed by atoms with Gasteiger partial charge < -0.3 is 5.73 Å². The molecule has 6 heavy (non-hydrogen) atoms. The molecule has 0 unspecified atom stereocenters. The van der Waals surface area contributed by atoms with Gasteiger partial charge in [-0.1, -0.05) is 0 Å². The molecule has 0 aromatic carbocycles. The lowest BCUT2D eigenvalue weighted by molar-refractivity contribution is 0.841. The van der Waals surface area contributed by atoms with E-state index in [9.17, 15) is 0 Å². The van der Waals surface area contributed by atoms with Crippen molar-refractivity contribution in [1.82, 2.24) is 5.43 Å². The van der Waals surface area contributed by atoms with Gasteiger partial charge in [0, 0.05) is 0 Å². The van der Waals surface area contributed by atoms with Gasteiger partial charge in [-0.15, -0.1) is 10.5 Å². The summed E-state index contributed by atoms with van der Waals surface area (Å²) in [4.78, 5) is 0. The molecule has 0 aliphatic carbocycles. The lowest BCUT2D eigenvalue weighted by Gasteiger charge is -1.76. The van der Waals surface area contributed by atoms with Crippen LogP contribution < -0.4 is 11.2 Å². The third kappa shape index (κ3) is 0.314. The Morgan fingerprint density at radius 2 is 2.50 bits per heavy atom. The molecule has 4 nitrogen and oxygen atoms in total. The zero-order valence-electron chi connectivity index (χ0n) is 3.00. The van der Waals surface area contributed by atoms with Crippen LogP contribution in [-0.2, 0) is 0 Å². The summed E-state index contributed by atoms with van der Waals surface area (Å²) in [6, 6.07) is 0. The predicted octanol–water partition coefficient (Wildman–Crippen LogP) is -0.271. The molecular formula is C2H3N4. The van der Waals surface area contributed by atoms with Gasteiger partial charge in [0.1, 0.15) is 0 Å². The van der Waals surface area contributed by atoms with Gasteiger partial charge in [-0.2, -0.15) is 0 Å². The third-order valence-electron chi connectivity index (χ3n) is 0.402. The summed E-state index contributed by atoms with van der Waals surface area (Å²) in [7, 11) is 0. The Morgan fingerprint density at radius 3 is 2.67 bits per heavy atom. The maximum absolute atomic E-state index is 5.04. The van der Waals surface area contributed by atoms with Crippen molar-refractivity contribution < 1.29 is 0 Å². The van der Waals surface area contributed by atoms with Crippen LogP contribution in [0.5, 0.6) is 0 Å². The largest absolute Gasteiger partial charge is 0.381 e. The van der Waals surface area contributed by atoms with Crippen LogP contribution in [-0.4, -0.2) is 0 Å². The SMILES string of the molecule is NC1=CN=N[N]1.